The van der Waals surface area contributed by atoms with Gasteiger partial charge in [0.15, 0.2) is 0 Å². The van der Waals surface area contributed by atoms with Crippen LogP contribution in [0.5, 0.6) is 5.75 Å². The zero-order chi connectivity index (χ0) is 12.2. The number of fused-ring (bicyclic) bond motifs is 1. The highest BCUT2D eigenvalue weighted by atomic mass is 16.5. The minimum absolute atomic E-state index is 0.590. The van der Waals surface area contributed by atoms with Gasteiger partial charge in [-0.05, 0) is 29.1 Å². The summed E-state index contributed by atoms with van der Waals surface area (Å²) in [5.41, 5.74) is 1.17. The highest BCUT2D eigenvalue weighted by Crippen LogP contribution is 2.20. The summed E-state index contributed by atoms with van der Waals surface area (Å²) in [6.45, 7) is 0.590. The Labute approximate surface area is 106 Å². The molecule has 0 N–H and O–H groups in total. The average molecular weight is 235 g/mol. The molecule has 0 aliphatic carbocycles. The molecule has 0 aliphatic rings. The summed E-state index contributed by atoms with van der Waals surface area (Å²) in [5, 5.41) is 2.28. The summed E-state index contributed by atoms with van der Waals surface area (Å²) in [6.07, 6.45) is 3.65. The van der Waals surface area contributed by atoms with Gasteiger partial charge in [0.25, 0.3) is 0 Å². The Morgan fingerprint density at radius 1 is 0.889 bits per heavy atom. The molecule has 1 heterocycles. The number of ether oxygens (including phenoxy) is 1. The molecule has 0 amide bonds. The van der Waals surface area contributed by atoms with Crippen molar-refractivity contribution >= 4 is 10.8 Å². The minimum atomic E-state index is 0.590. The molecule has 2 heteroatoms. The zero-order valence-electron chi connectivity index (χ0n) is 9.91. The Kier molecular flexibility index (Phi) is 2.92. The van der Waals surface area contributed by atoms with Crippen LogP contribution in [0.15, 0.2) is 67.0 Å². The van der Waals surface area contributed by atoms with Crippen LogP contribution < -0.4 is 4.74 Å². The molecule has 2 nitrogen and oxygen atoms in total. The summed E-state index contributed by atoms with van der Waals surface area (Å²) in [5.74, 6) is 0.874. The smallest absolute Gasteiger partial charge is 0.120 e. The molecule has 88 valence electrons. The maximum absolute atomic E-state index is 5.77. The predicted molar refractivity (Wildman–Crippen MR) is 72.5 cm³/mol. The third-order valence-corrected chi connectivity index (χ3v) is 2.86. The molecule has 3 rings (SSSR count). The molecule has 18 heavy (non-hydrogen) atoms. The fourth-order valence-corrected chi connectivity index (χ4v) is 1.89. The minimum Gasteiger partial charge on any atom is -0.489 e. The lowest BCUT2D eigenvalue weighted by atomic mass is 10.2. The Balaban J connectivity index is 1.79. The van der Waals surface area contributed by atoms with Crippen LogP contribution in [-0.4, -0.2) is 4.98 Å². The van der Waals surface area contributed by atoms with Crippen LogP contribution in [0.4, 0.5) is 0 Å². The van der Waals surface area contributed by atoms with Gasteiger partial charge in [0, 0.05) is 17.8 Å². The van der Waals surface area contributed by atoms with E-state index in [2.05, 4.69) is 23.2 Å². The van der Waals surface area contributed by atoms with Crippen LogP contribution in [0, 0.1) is 0 Å². The topological polar surface area (TPSA) is 22.1 Å². The lowest BCUT2D eigenvalue weighted by Crippen LogP contribution is -1.94. The highest BCUT2D eigenvalue weighted by molar-refractivity contribution is 5.82. The van der Waals surface area contributed by atoms with Crippen molar-refractivity contribution in [2.75, 3.05) is 0 Å². The largest absolute Gasteiger partial charge is 0.489 e. The molecule has 0 bridgehead atoms. The Morgan fingerprint density at radius 3 is 2.67 bits per heavy atom. The molecule has 1 aromatic heterocycles. The zero-order valence-corrected chi connectivity index (χ0v) is 9.91. The molecule has 2 aromatic carbocycles. The molecule has 0 spiro atoms. The van der Waals surface area contributed by atoms with E-state index in [4.69, 9.17) is 4.74 Å². The fourth-order valence-electron chi connectivity index (χ4n) is 1.89. The normalized spacial score (nSPS) is 10.4. The standard InChI is InChI=1S/C16H13NO/c1-2-4-13(5-3-1)12-18-16-7-6-14-8-9-17-11-15(14)10-16/h1-11H,12H2. The first-order valence-corrected chi connectivity index (χ1v) is 5.92. The third-order valence-electron chi connectivity index (χ3n) is 2.86. The van der Waals surface area contributed by atoms with Gasteiger partial charge in [-0.3, -0.25) is 4.98 Å². The van der Waals surface area contributed by atoms with Gasteiger partial charge in [-0.25, -0.2) is 0 Å². The Hall–Kier alpha value is -2.35. The third kappa shape index (κ3) is 2.33. The van der Waals surface area contributed by atoms with E-state index in [9.17, 15) is 0 Å². The van der Waals surface area contributed by atoms with Gasteiger partial charge in [0.2, 0.25) is 0 Å². The van der Waals surface area contributed by atoms with Gasteiger partial charge in [0.1, 0.15) is 12.4 Å². The summed E-state index contributed by atoms with van der Waals surface area (Å²) in [6, 6.07) is 18.2. The molecule has 0 aliphatic heterocycles. The van der Waals surface area contributed by atoms with E-state index < -0.39 is 0 Å². The van der Waals surface area contributed by atoms with Crippen LogP contribution in [0.25, 0.3) is 10.8 Å². The Bertz CT molecular complexity index is 649. The van der Waals surface area contributed by atoms with Gasteiger partial charge >= 0.3 is 0 Å². The monoisotopic (exact) mass is 235 g/mol. The lowest BCUT2D eigenvalue weighted by Gasteiger charge is -2.07. The second kappa shape index (κ2) is 4.88. The maximum Gasteiger partial charge on any atom is 0.120 e. The van der Waals surface area contributed by atoms with Crippen molar-refractivity contribution in [3.8, 4) is 5.75 Å². The van der Waals surface area contributed by atoms with Gasteiger partial charge in [0.05, 0.1) is 0 Å². The summed E-state index contributed by atoms with van der Waals surface area (Å²) < 4.78 is 5.77. The van der Waals surface area contributed by atoms with E-state index in [1.807, 2.05) is 42.6 Å². The predicted octanol–water partition coefficient (Wildman–Crippen LogP) is 3.81. The number of nitrogens with zero attached hydrogens (tertiary/aromatic N) is 1. The molecular formula is C16H13NO. The van der Waals surface area contributed by atoms with Crippen molar-refractivity contribution in [3.05, 3.63) is 72.6 Å². The van der Waals surface area contributed by atoms with Crippen LogP contribution in [0.2, 0.25) is 0 Å². The maximum atomic E-state index is 5.77. The van der Waals surface area contributed by atoms with E-state index in [-0.39, 0.29) is 0 Å². The molecule has 0 saturated heterocycles. The van der Waals surface area contributed by atoms with Crippen LogP contribution in [0.3, 0.4) is 0 Å². The number of rotatable bonds is 3. The van der Waals surface area contributed by atoms with Crippen LogP contribution >= 0.6 is 0 Å². The summed E-state index contributed by atoms with van der Waals surface area (Å²) in [4.78, 5) is 4.12. The number of aromatic nitrogens is 1. The van der Waals surface area contributed by atoms with Gasteiger partial charge in [-0.15, -0.1) is 0 Å². The average Bonchev–Trinajstić information content (AvgIpc) is 2.46. The summed E-state index contributed by atoms with van der Waals surface area (Å²) >= 11 is 0. The van der Waals surface area contributed by atoms with Crippen molar-refractivity contribution in [3.63, 3.8) is 0 Å². The van der Waals surface area contributed by atoms with E-state index in [0.717, 1.165) is 11.1 Å². The van der Waals surface area contributed by atoms with Crippen molar-refractivity contribution in [1.29, 1.82) is 0 Å². The molecule has 0 saturated carbocycles. The molecule has 0 atom stereocenters. The van der Waals surface area contributed by atoms with Gasteiger partial charge < -0.3 is 4.74 Å². The van der Waals surface area contributed by atoms with Crippen molar-refractivity contribution in [2.45, 2.75) is 6.61 Å². The molecular weight excluding hydrogens is 222 g/mol. The van der Waals surface area contributed by atoms with E-state index in [0.29, 0.717) is 6.61 Å². The number of hydrogen-bond acceptors (Lipinski definition) is 2. The van der Waals surface area contributed by atoms with Gasteiger partial charge in [-0.2, -0.15) is 0 Å². The van der Waals surface area contributed by atoms with Crippen LogP contribution in [0.1, 0.15) is 5.56 Å². The number of pyridine rings is 1. The van der Waals surface area contributed by atoms with E-state index >= 15 is 0 Å². The Morgan fingerprint density at radius 2 is 1.78 bits per heavy atom. The first kappa shape index (κ1) is 10.8. The highest BCUT2D eigenvalue weighted by Gasteiger charge is 1.98. The second-order valence-electron chi connectivity index (χ2n) is 4.16. The fraction of sp³-hybridized carbons (Fsp3) is 0.0625. The van der Waals surface area contributed by atoms with Crippen molar-refractivity contribution < 1.29 is 4.74 Å². The first-order chi connectivity index (χ1) is 8.92. The van der Waals surface area contributed by atoms with Crippen LogP contribution in [-0.2, 0) is 6.61 Å². The summed E-state index contributed by atoms with van der Waals surface area (Å²) in [7, 11) is 0. The van der Waals surface area contributed by atoms with E-state index in [1.165, 1.54) is 10.9 Å². The lowest BCUT2D eigenvalue weighted by molar-refractivity contribution is 0.306. The molecule has 3 aromatic rings. The SMILES string of the molecule is c1ccc(COc2ccc3ccncc3c2)cc1. The first-order valence-electron chi connectivity index (χ1n) is 5.92. The quantitative estimate of drug-likeness (QED) is 0.688. The molecule has 0 unspecified atom stereocenters. The second-order valence-corrected chi connectivity index (χ2v) is 4.16. The van der Waals surface area contributed by atoms with Gasteiger partial charge in [-0.1, -0.05) is 36.4 Å². The number of hydrogen-bond donors (Lipinski definition) is 0. The van der Waals surface area contributed by atoms with Crippen molar-refractivity contribution in [2.24, 2.45) is 0 Å². The van der Waals surface area contributed by atoms with Crippen molar-refractivity contribution in [1.82, 2.24) is 4.98 Å². The van der Waals surface area contributed by atoms with E-state index in [1.54, 1.807) is 6.20 Å². The number of benzene rings is 2. The molecule has 0 radical (unpaired) electrons. The molecule has 0 fully saturated rings.